The van der Waals surface area contributed by atoms with Gasteiger partial charge in [0.2, 0.25) is 0 Å². The molecule has 31 heavy (non-hydrogen) atoms. The normalized spacial score (nSPS) is 13.8. The molecule has 1 aliphatic rings. The average Bonchev–Trinajstić information content (AvgIpc) is 3.06. The third-order valence-corrected chi connectivity index (χ3v) is 5.92. The zero-order valence-corrected chi connectivity index (χ0v) is 18.5. The molecular weight excluding hydrogens is 435 g/mol. The molecular formula is C23H20Cl2N4O2. The van der Waals surface area contributed by atoms with Gasteiger partial charge in [0.25, 0.3) is 5.91 Å². The number of ether oxygens (including phenoxy) is 1. The van der Waals surface area contributed by atoms with Crippen LogP contribution >= 0.6 is 23.2 Å². The number of rotatable bonds is 4. The van der Waals surface area contributed by atoms with Crippen LogP contribution in [0, 0.1) is 18.3 Å². The van der Waals surface area contributed by atoms with E-state index in [1.807, 2.05) is 46.8 Å². The van der Waals surface area contributed by atoms with Crippen molar-refractivity contribution in [1.82, 2.24) is 14.7 Å². The standard InChI is InChI=1S/C23H20Cl2N4O2/c1-15-21(17-5-6-19(13-26)20(24)12-17)22(25)27-29(15)14-16-3-2-4-18(11-16)23(30)28-7-9-31-10-8-28/h2-6,11-12H,7-10,14H2,1H3. The second kappa shape index (κ2) is 9.11. The Morgan fingerprint density at radius 1 is 1.19 bits per heavy atom. The molecule has 0 radical (unpaired) electrons. The van der Waals surface area contributed by atoms with Gasteiger partial charge in [-0.25, -0.2) is 0 Å². The van der Waals surface area contributed by atoms with Gasteiger partial charge >= 0.3 is 0 Å². The molecule has 0 unspecified atom stereocenters. The van der Waals surface area contributed by atoms with Crippen molar-refractivity contribution in [3.63, 3.8) is 0 Å². The lowest BCUT2D eigenvalue weighted by Gasteiger charge is -2.27. The van der Waals surface area contributed by atoms with Crippen molar-refractivity contribution in [2.75, 3.05) is 26.3 Å². The van der Waals surface area contributed by atoms with E-state index in [-0.39, 0.29) is 5.91 Å². The molecule has 1 saturated heterocycles. The molecule has 1 fully saturated rings. The second-order valence-electron chi connectivity index (χ2n) is 7.32. The van der Waals surface area contributed by atoms with Crippen molar-refractivity contribution in [1.29, 1.82) is 5.26 Å². The maximum atomic E-state index is 12.8. The van der Waals surface area contributed by atoms with E-state index in [1.54, 1.807) is 12.1 Å². The summed E-state index contributed by atoms with van der Waals surface area (Å²) in [6.07, 6.45) is 0. The summed E-state index contributed by atoms with van der Waals surface area (Å²) < 4.78 is 7.14. The maximum Gasteiger partial charge on any atom is 0.254 e. The van der Waals surface area contributed by atoms with Crippen LogP contribution < -0.4 is 0 Å². The summed E-state index contributed by atoms with van der Waals surface area (Å²) in [5.74, 6) is 0.00767. The molecule has 8 heteroatoms. The van der Waals surface area contributed by atoms with Gasteiger partial charge in [0.1, 0.15) is 6.07 Å². The van der Waals surface area contributed by atoms with Crippen LogP contribution in [0.15, 0.2) is 42.5 Å². The third kappa shape index (κ3) is 4.45. The molecule has 6 nitrogen and oxygen atoms in total. The molecule has 2 heterocycles. The first-order valence-electron chi connectivity index (χ1n) is 9.87. The van der Waals surface area contributed by atoms with E-state index in [4.69, 9.17) is 33.2 Å². The predicted octanol–water partition coefficient (Wildman–Crippen LogP) is 4.56. The number of amides is 1. The number of nitriles is 1. The smallest absolute Gasteiger partial charge is 0.254 e. The first-order valence-corrected chi connectivity index (χ1v) is 10.6. The van der Waals surface area contributed by atoms with E-state index in [2.05, 4.69) is 11.2 Å². The minimum absolute atomic E-state index is 0.00767. The van der Waals surface area contributed by atoms with Crippen LogP contribution in [0.25, 0.3) is 11.1 Å². The number of carbonyl (C=O) groups excluding carboxylic acids is 1. The van der Waals surface area contributed by atoms with Crippen LogP contribution in [-0.4, -0.2) is 46.9 Å². The van der Waals surface area contributed by atoms with Crippen molar-refractivity contribution in [2.45, 2.75) is 13.5 Å². The van der Waals surface area contributed by atoms with Crippen molar-refractivity contribution in [3.05, 3.63) is 75.0 Å². The highest BCUT2D eigenvalue weighted by atomic mass is 35.5. The van der Waals surface area contributed by atoms with Crippen molar-refractivity contribution < 1.29 is 9.53 Å². The number of benzene rings is 2. The maximum absolute atomic E-state index is 12.8. The molecule has 0 atom stereocenters. The lowest BCUT2D eigenvalue weighted by Crippen LogP contribution is -2.40. The van der Waals surface area contributed by atoms with E-state index >= 15 is 0 Å². The lowest BCUT2D eigenvalue weighted by molar-refractivity contribution is 0.0303. The van der Waals surface area contributed by atoms with Gasteiger partial charge < -0.3 is 9.64 Å². The van der Waals surface area contributed by atoms with Crippen LogP contribution in [-0.2, 0) is 11.3 Å². The molecule has 3 aromatic rings. The summed E-state index contributed by atoms with van der Waals surface area (Å²) in [6.45, 7) is 4.75. The van der Waals surface area contributed by atoms with E-state index in [9.17, 15) is 4.79 Å². The largest absolute Gasteiger partial charge is 0.378 e. The van der Waals surface area contributed by atoms with E-state index in [0.29, 0.717) is 54.2 Å². The van der Waals surface area contributed by atoms with Gasteiger partial charge in [-0.3, -0.25) is 9.48 Å². The Morgan fingerprint density at radius 2 is 1.97 bits per heavy atom. The lowest BCUT2D eigenvalue weighted by atomic mass is 10.0. The molecule has 4 rings (SSSR count). The summed E-state index contributed by atoms with van der Waals surface area (Å²) >= 11 is 12.6. The summed E-state index contributed by atoms with van der Waals surface area (Å²) in [6, 6.07) is 14.8. The number of hydrogen-bond acceptors (Lipinski definition) is 4. The van der Waals surface area contributed by atoms with Crippen LogP contribution in [0.4, 0.5) is 0 Å². The van der Waals surface area contributed by atoms with Gasteiger partial charge in [0.05, 0.1) is 30.3 Å². The molecule has 0 aliphatic carbocycles. The average molecular weight is 455 g/mol. The van der Waals surface area contributed by atoms with Crippen LogP contribution in [0.2, 0.25) is 10.2 Å². The molecule has 0 N–H and O–H groups in total. The highest BCUT2D eigenvalue weighted by Gasteiger charge is 2.20. The zero-order chi connectivity index (χ0) is 22.0. The molecule has 0 spiro atoms. The van der Waals surface area contributed by atoms with Gasteiger partial charge in [0, 0.05) is 29.9 Å². The first-order chi connectivity index (χ1) is 15.0. The Morgan fingerprint density at radius 3 is 2.68 bits per heavy atom. The quantitative estimate of drug-likeness (QED) is 0.579. The minimum atomic E-state index is 0.00767. The number of hydrogen-bond donors (Lipinski definition) is 0. The SMILES string of the molecule is Cc1c(-c2ccc(C#N)c(Cl)c2)c(Cl)nn1Cc1cccc(C(=O)N2CCOCC2)c1. The monoisotopic (exact) mass is 454 g/mol. The molecule has 0 saturated carbocycles. The Kier molecular flexibility index (Phi) is 6.28. The number of aromatic nitrogens is 2. The second-order valence-corrected chi connectivity index (χ2v) is 8.09. The van der Waals surface area contributed by atoms with E-state index < -0.39 is 0 Å². The summed E-state index contributed by atoms with van der Waals surface area (Å²) in [4.78, 5) is 14.6. The number of nitrogens with zero attached hydrogens (tertiary/aromatic N) is 4. The Balaban J connectivity index is 1.59. The fourth-order valence-electron chi connectivity index (χ4n) is 3.68. The van der Waals surface area contributed by atoms with E-state index in [1.165, 1.54) is 0 Å². The number of morpholine rings is 1. The van der Waals surface area contributed by atoms with Gasteiger partial charge in [-0.05, 0) is 42.3 Å². The van der Waals surface area contributed by atoms with Gasteiger partial charge in [-0.2, -0.15) is 10.4 Å². The molecule has 1 aromatic heterocycles. The molecule has 158 valence electrons. The topological polar surface area (TPSA) is 71.2 Å². The Labute approximate surface area is 190 Å². The van der Waals surface area contributed by atoms with Gasteiger partial charge in [-0.15, -0.1) is 0 Å². The van der Waals surface area contributed by atoms with Crippen LogP contribution in [0.1, 0.15) is 27.2 Å². The van der Waals surface area contributed by atoms with Crippen LogP contribution in [0.3, 0.4) is 0 Å². The molecule has 1 amide bonds. The van der Waals surface area contributed by atoms with Crippen LogP contribution in [0.5, 0.6) is 0 Å². The number of carbonyl (C=O) groups is 1. The number of halogens is 2. The fraction of sp³-hybridized carbons (Fsp3) is 0.261. The molecule has 0 bridgehead atoms. The van der Waals surface area contributed by atoms with Gasteiger partial charge in [0.15, 0.2) is 5.15 Å². The Bertz CT molecular complexity index is 1180. The first kappa shape index (κ1) is 21.4. The predicted molar refractivity (Wildman–Crippen MR) is 119 cm³/mol. The minimum Gasteiger partial charge on any atom is -0.378 e. The Hall–Kier alpha value is -2.85. The fourth-order valence-corrected chi connectivity index (χ4v) is 4.24. The highest BCUT2D eigenvalue weighted by Crippen LogP contribution is 2.33. The van der Waals surface area contributed by atoms with Gasteiger partial charge in [-0.1, -0.05) is 41.4 Å². The molecule has 2 aromatic carbocycles. The van der Waals surface area contributed by atoms with Crippen molar-refractivity contribution in [2.24, 2.45) is 0 Å². The van der Waals surface area contributed by atoms with E-state index in [0.717, 1.165) is 22.4 Å². The third-order valence-electron chi connectivity index (χ3n) is 5.35. The summed E-state index contributed by atoms with van der Waals surface area (Å²) in [5.41, 5.74) is 4.45. The highest BCUT2D eigenvalue weighted by molar-refractivity contribution is 6.33. The summed E-state index contributed by atoms with van der Waals surface area (Å²) in [5, 5.41) is 14.3. The van der Waals surface area contributed by atoms with Crippen molar-refractivity contribution >= 4 is 29.1 Å². The summed E-state index contributed by atoms with van der Waals surface area (Å²) in [7, 11) is 0. The van der Waals surface area contributed by atoms with Crippen molar-refractivity contribution in [3.8, 4) is 17.2 Å². The molecule has 1 aliphatic heterocycles. The zero-order valence-electron chi connectivity index (χ0n) is 16.9.